The van der Waals surface area contributed by atoms with E-state index in [1.165, 1.54) is 13.2 Å². The van der Waals surface area contributed by atoms with Crippen LogP contribution in [0.3, 0.4) is 0 Å². The summed E-state index contributed by atoms with van der Waals surface area (Å²) in [5.74, 6) is -0.598. The van der Waals surface area contributed by atoms with Crippen LogP contribution in [0, 0.1) is 5.82 Å². The second-order valence-corrected chi connectivity index (χ2v) is 6.80. The Balaban J connectivity index is 1.70. The minimum absolute atomic E-state index is 0.0161. The summed E-state index contributed by atoms with van der Waals surface area (Å²) >= 11 is 0. The molecule has 10 heteroatoms. The predicted octanol–water partition coefficient (Wildman–Crippen LogP) is 3.95. The maximum atomic E-state index is 13.5. The number of rotatable bonds is 4. The van der Waals surface area contributed by atoms with Gasteiger partial charge < -0.3 is 20.3 Å². The van der Waals surface area contributed by atoms with Crippen molar-refractivity contribution in [2.24, 2.45) is 0 Å². The largest absolute Gasteiger partial charge is 0.494 e. The number of ether oxygens (including phenoxy) is 1. The monoisotopic (exact) mass is 421 g/mol. The van der Waals surface area contributed by atoms with E-state index in [0.717, 1.165) is 44.0 Å². The van der Waals surface area contributed by atoms with Crippen molar-refractivity contribution in [2.45, 2.75) is 6.18 Å². The van der Waals surface area contributed by atoms with E-state index in [4.69, 9.17) is 4.74 Å². The van der Waals surface area contributed by atoms with Crippen molar-refractivity contribution >= 4 is 28.2 Å². The van der Waals surface area contributed by atoms with E-state index in [2.05, 4.69) is 25.5 Å². The molecule has 6 nitrogen and oxygen atoms in total. The number of methoxy groups -OCH3 is 1. The van der Waals surface area contributed by atoms with Gasteiger partial charge in [0.25, 0.3) is 0 Å². The summed E-state index contributed by atoms with van der Waals surface area (Å²) in [5, 5.41) is 5.68. The van der Waals surface area contributed by atoms with Crippen LogP contribution in [0.25, 0.3) is 10.9 Å². The standard InChI is InChI=1S/C20H19F4N5O/c1-30-17-11-13(29-8-6-25-7-9-29)3-5-16(17)27-19-26-15-4-2-12(21)10-14(15)18(28-19)20(22,23)24/h2-5,10-11,25H,6-9H2,1H3,(H,26,27,28). The van der Waals surface area contributed by atoms with Crippen molar-refractivity contribution in [3.05, 3.63) is 47.9 Å². The van der Waals surface area contributed by atoms with Gasteiger partial charge in [0.1, 0.15) is 11.6 Å². The van der Waals surface area contributed by atoms with Crippen molar-refractivity contribution in [3.8, 4) is 5.75 Å². The summed E-state index contributed by atoms with van der Waals surface area (Å²) in [7, 11) is 1.48. The normalized spacial score (nSPS) is 14.8. The highest BCUT2D eigenvalue weighted by atomic mass is 19.4. The van der Waals surface area contributed by atoms with Gasteiger partial charge in [0.05, 0.1) is 18.3 Å². The molecule has 158 valence electrons. The second-order valence-electron chi connectivity index (χ2n) is 6.80. The lowest BCUT2D eigenvalue weighted by molar-refractivity contribution is -0.139. The van der Waals surface area contributed by atoms with Crippen molar-refractivity contribution < 1.29 is 22.3 Å². The fourth-order valence-electron chi connectivity index (χ4n) is 3.40. The third-order valence-electron chi connectivity index (χ3n) is 4.84. The van der Waals surface area contributed by atoms with Crippen LogP contribution in [-0.2, 0) is 6.18 Å². The number of hydrogen-bond donors (Lipinski definition) is 2. The van der Waals surface area contributed by atoms with E-state index in [0.29, 0.717) is 11.4 Å². The molecule has 4 rings (SSSR count). The molecular formula is C20H19F4N5O. The highest BCUT2D eigenvalue weighted by Crippen LogP contribution is 2.36. The third kappa shape index (κ3) is 4.09. The third-order valence-corrected chi connectivity index (χ3v) is 4.84. The summed E-state index contributed by atoms with van der Waals surface area (Å²) in [5.41, 5.74) is 0.152. The molecule has 0 aliphatic carbocycles. The Hall–Kier alpha value is -3.14. The molecule has 0 spiro atoms. The molecule has 2 heterocycles. The van der Waals surface area contributed by atoms with Gasteiger partial charge in [0.2, 0.25) is 5.95 Å². The van der Waals surface area contributed by atoms with Gasteiger partial charge in [-0.2, -0.15) is 13.2 Å². The Morgan fingerprint density at radius 2 is 1.83 bits per heavy atom. The molecule has 1 aliphatic rings. The van der Waals surface area contributed by atoms with Crippen LogP contribution in [0.2, 0.25) is 0 Å². The van der Waals surface area contributed by atoms with Crippen LogP contribution in [0.15, 0.2) is 36.4 Å². The fraction of sp³-hybridized carbons (Fsp3) is 0.300. The summed E-state index contributed by atoms with van der Waals surface area (Å²) in [4.78, 5) is 9.90. The van der Waals surface area contributed by atoms with Gasteiger partial charge in [-0.3, -0.25) is 0 Å². The Morgan fingerprint density at radius 3 is 2.53 bits per heavy atom. The molecule has 0 amide bonds. The number of hydrogen-bond acceptors (Lipinski definition) is 6. The molecule has 0 atom stereocenters. The molecule has 2 aromatic carbocycles. The zero-order valence-corrected chi connectivity index (χ0v) is 16.1. The van der Waals surface area contributed by atoms with E-state index >= 15 is 0 Å². The molecule has 1 saturated heterocycles. The number of nitrogens with zero attached hydrogens (tertiary/aromatic N) is 3. The fourth-order valence-corrected chi connectivity index (χ4v) is 3.40. The van der Waals surface area contributed by atoms with Crippen molar-refractivity contribution in [2.75, 3.05) is 43.5 Å². The number of piperazine rings is 1. The zero-order chi connectivity index (χ0) is 21.3. The lowest BCUT2D eigenvalue weighted by atomic mass is 10.1. The van der Waals surface area contributed by atoms with E-state index in [-0.39, 0.29) is 11.5 Å². The second kappa shape index (κ2) is 7.94. The first-order valence-electron chi connectivity index (χ1n) is 9.30. The van der Waals surface area contributed by atoms with Crippen molar-refractivity contribution in [1.29, 1.82) is 0 Å². The Labute approximate surface area is 169 Å². The Kier molecular flexibility index (Phi) is 5.33. The van der Waals surface area contributed by atoms with Crippen LogP contribution < -0.4 is 20.3 Å². The summed E-state index contributed by atoms with van der Waals surface area (Å²) in [6, 6.07) is 8.41. The van der Waals surface area contributed by atoms with Gasteiger partial charge in [-0.05, 0) is 30.3 Å². The average molecular weight is 421 g/mol. The number of anilines is 3. The van der Waals surface area contributed by atoms with Crippen LogP contribution >= 0.6 is 0 Å². The van der Waals surface area contributed by atoms with Crippen LogP contribution in [0.1, 0.15) is 5.69 Å². The number of halogens is 4. The van der Waals surface area contributed by atoms with Gasteiger partial charge in [-0.15, -0.1) is 0 Å². The van der Waals surface area contributed by atoms with Gasteiger partial charge in [-0.25, -0.2) is 14.4 Å². The average Bonchev–Trinajstić information content (AvgIpc) is 2.73. The van der Waals surface area contributed by atoms with E-state index < -0.39 is 23.1 Å². The first kappa shape index (κ1) is 20.1. The molecular weight excluding hydrogens is 402 g/mol. The van der Waals surface area contributed by atoms with Crippen LogP contribution in [0.4, 0.5) is 34.9 Å². The number of aromatic nitrogens is 2. The zero-order valence-electron chi connectivity index (χ0n) is 16.1. The van der Waals surface area contributed by atoms with Crippen molar-refractivity contribution in [1.82, 2.24) is 15.3 Å². The van der Waals surface area contributed by atoms with Gasteiger partial charge in [0, 0.05) is 43.3 Å². The predicted molar refractivity (Wildman–Crippen MR) is 106 cm³/mol. The number of nitrogens with one attached hydrogen (secondary N) is 2. The maximum Gasteiger partial charge on any atom is 0.434 e. The Morgan fingerprint density at radius 1 is 1.07 bits per heavy atom. The summed E-state index contributed by atoms with van der Waals surface area (Å²) in [6.45, 7) is 3.42. The van der Waals surface area contributed by atoms with Gasteiger partial charge in [-0.1, -0.05) is 0 Å². The lowest BCUT2D eigenvalue weighted by Crippen LogP contribution is -2.43. The number of fused-ring (bicyclic) bond motifs is 1. The SMILES string of the molecule is COc1cc(N2CCNCC2)ccc1Nc1nc(C(F)(F)F)c2cc(F)ccc2n1. The quantitative estimate of drug-likeness (QED) is 0.622. The number of alkyl halides is 3. The smallest absolute Gasteiger partial charge is 0.434 e. The molecule has 0 radical (unpaired) electrons. The van der Waals surface area contributed by atoms with Crippen LogP contribution in [0.5, 0.6) is 5.75 Å². The Bertz CT molecular complexity index is 1070. The molecule has 30 heavy (non-hydrogen) atoms. The van der Waals surface area contributed by atoms with E-state index in [1.807, 2.05) is 12.1 Å². The molecule has 0 unspecified atom stereocenters. The molecule has 1 fully saturated rings. The molecule has 0 saturated carbocycles. The molecule has 1 aliphatic heterocycles. The topological polar surface area (TPSA) is 62.3 Å². The summed E-state index contributed by atoms with van der Waals surface area (Å²) < 4.78 is 59.4. The number of benzene rings is 2. The molecule has 1 aromatic heterocycles. The highest BCUT2D eigenvalue weighted by molar-refractivity contribution is 5.83. The van der Waals surface area contributed by atoms with Crippen molar-refractivity contribution in [3.63, 3.8) is 0 Å². The van der Waals surface area contributed by atoms with E-state index in [9.17, 15) is 17.6 Å². The minimum Gasteiger partial charge on any atom is -0.494 e. The molecule has 3 aromatic rings. The lowest BCUT2D eigenvalue weighted by Gasteiger charge is -2.30. The summed E-state index contributed by atoms with van der Waals surface area (Å²) in [6.07, 6.45) is -4.76. The molecule has 2 N–H and O–H groups in total. The van der Waals surface area contributed by atoms with Gasteiger partial charge in [0.15, 0.2) is 5.69 Å². The van der Waals surface area contributed by atoms with Gasteiger partial charge >= 0.3 is 6.18 Å². The highest BCUT2D eigenvalue weighted by Gasteiger charge is 2.35. The maximum absolute atomic E-state index is 13.5. The minimum atomic E-state index is -4.76. The van der Waals surface area contributed by atoms with E-state index in [1.54, 1.807) is 6.07 Å². The van der Waals surface area contributed by atoms with Crippen LogP contribution in [-0.4, -0.2) is 43.3 Å². The molecule has 0 bridgehead atoms. The first-order chi connectivity index (χ1) is 14.3. The first-order valence-corrected chi connectivity index (χ1v) is 9.30.